The molecule has 27 heavy (non-hydrogen) atoms. The number of hydrogen-bond acceptors (Lipinski definition) is 4. The minimum atomic E-state index is -3.71. The lowest BCUT2D eigenvalue weighted by atomic mass is 10.1. The van der Waals surface area contributed by atoms with E-state index in [0.29, 0.717) is 17.8 Å². The Balaban J connectivity index is 2.05. The molecule has 146 valence electrons. The van der Waals surface area contributed by atoms with E-state index in [1.807, 2.05) is 40.1 Å². The molecular weight excluding hydrogens is 362 g/mol. The number of rotatable bonds is 8. The fraction of sp³-hybridized carbons (Fsp3) is 0.350. The zero-order valence-corrected chi connectivity index (χ0v) is 17.1. The van der Waals surface area contributed by atoms with E-state index in [2.05, 4.69) is 14.9 Å². The standard InChI is InChI=1S/C20H27N3O3S/c1-15-6-7-16(2)19(14-15)22-27(25,26)18-10-8-17(9-11-18)20(24)21-12-5-13-23(3)4/h6-11,14,22H,5,12-13H2,1-4H3,(H,21,24). The van der Waals surface area contributed by atoms with Crippen LogP contribution in [-0.4, -0.2) is 46.4 Å². The Morgan fingerprint density at radius 2 is 1.70 bits per heavy atom. The molecule has 6 nitrogen and oxygen atoms in total. The molecule has 7 heteroatoms. The van der Waals surface area contributed by atoms with E-state index in [4.69, 9.17) is 0 Å². The van der Waals surface area contributed by atoms with Crippen LogP contribution < -0.4 is 10.0 Å². The van der Waals surface area contributed by atoms with E-state index in [9.17, 15) is 13.2 Å². The Kier molecular flexibility index (Phi) is 6.98. The summed E-state index contributed by atoms with van der Waals surface area (Å²) in [5.41, 5.74) is 2.81. The number of hydrogen-bond donors (Lipinski definition) is 2. The first-order chi connectivity index (χ1) is 12.7. The Morgan fingerprint density at radius 3 is 2.33 bits per heavy atom. The molecule has 2 aromatic rings. The molecule has 0 fully saturated rings. The second kappa shape index (κ2) is 9.01. The second-order valence-electron chi connectivity index (χ2n) is 6.86. The fourth-order valence-electron chi connectivity index (χ4n) is 2.53. The smallest absolute Gasteiger partial charge is 0.261 e. The molecule has 0 unspecified atom stereocenters. The summed E-state index contributed by atoms with van der Waals surface area (Å²) in [6.45, 7) is 5.22. The van der Waals surface area contributed by atoms with Crippen LogP contribution in [-0.2, 0) is 10.0 Å². The van der Waals surface area contributed by atoms with Gasteiger partial charge in [0.1, 0.15) is 0 Å². The summed E-state index contributed by atoms with van der Waals surface area (Å²) in [4.78, 5) is 14.3. The van der Waals surface area contributed by atoms with E-state index in [-0.39, 0.29) is 10.8 Å². The quantitative estimate of drug-likeness (QED) is 0.681. The van der Waals surface area contributed by atoms with Crippen molar-refractivity contribution in [2.75, 3.05) is 31.9 Å². The van der Waals surface area contributed by atoms with Gasteiger partial charge in [0.05, 0.1) is 10.6 Å². The number of benzene rings is 2. The van der Waals surface area contributed by atoms with Crippen LogP contribution in [0.3, 0.4) is 0 Å². The van der Waals surface area contributed by atoms with Crippen LogP contribution in [0.1, 0.15) is 27.9 Å². The Labute approximate surface area is 161 Å². The third kappa shape index (κ3) is 6.08. The van der Waals surface area contributed by atoms with Gasteiger partial charge in [0.2, 0.25) is 0 Å². The van der Waals surface area contributed by atoms with Crippen molar-refractivity contribution in [2.45, 2.75) is 25.2 Å². The fourth-order valence-corrected chi connectivity index (χ4v) is 3.66. The number of amides is 1. The largest absolute Gasteiger partial charge is 0.352 e. The maximum atomic E-state index is 12.6. The highest BCUT2D eigenvalue weighted by Crippen LogP contribution is 2.21. The van der Waals surface area contributed by atoms with Gasteiger partial charge in [0, 0.05) is 12.1 Å². The van der Waals surface area contributed by atoms with Crippen LogP contribution >= 0.6 is 0 Å². The van der Waals surface area contributed by atoms with Gasteiger partial charge >= 0.3 is 0 Å². The molecule has 0 bridgehead atoms. The normalized spacial score (nSPS) is 11.4. The average molecular weight is 390 g/mol. The average Bonchev–Trinajstić information content (AvgIpc) is 2.61. The molecule has 0 radical (unpaired) electrons. The molecule has 0 atom stereocenters. The summed E-state index contributed by atoms with van der Waals surface area (Å²) >= 11 is 0. The molecule has 0 aliphatic carbocycles. The first-order valence-electron chi connectivity index (χ1n) is 8.82. The van der Waals surface area contributed by atoms with Crippen LogP contribution in [0.15, 0.2) is 47.4 Å². The molecule has 2 N–H and O–H groups in total. The van der Waals surface area contributed by atoms with Gasteiger partial charge < -0.3 is 10.2 Å². The lowest BCUT2D eigenvalue weighted by Gasteiger charge is -2.12. The van der Waals surface area contributed by atoms with Crippen molar-refractivity contribution in [3.05, 3.63) is 59.2 Å². The van der Waals surface area contributed by atoms with Gasteiger partial charge in [-0.1, -0.05) is 12.1 Å². The lowest BCUT2D eigenvalue weighted by Crippen LogP contribution is -2.27. The molecule has 2 rings (SSSR count). The minimum Gasteiger partial charge on any atom is -0.352 e. The van der Waals surface area contributed by atoms with E-state index in [0.717, 1.165) is 24.1 Å². The summed E-state index contributed by atoms with van der Waals surface area (Å²) in [7, 11) is 0.246. The van der Waals surface area contributed by atoms with Crippen LogP contribution in [0.5, 0.6) is 0 Å². The molecule has 0 saturated heterocycles. The number of nitrogens with zero attached hydrogens (tertiary/aromatic N) is 1. The van der Waals surface area contributed by atoms with E-state index in [1.54, 1.807) is 6.07 Å². The van der Waals surface area contributed by atoms with Crippen molar-refractivity contribution in [3.63, 3.8) is 0 Å². The maximum absolute atomic E-state index is 12.6. The van der Waals surface area contributed by atoms with Gasteiger partial charge in [-0.05, 0) is 82.4 Å². The number of sulfonamides is 1. The van der Waals surface area contributed by atoms with E-state index >= 15 is 0 Å². The van der Waals surface area contributed by atoms with Gasteiger partial charge in [-0.15, -0.1) is 0 Å². The highest BCUT2D eigenvalue weighted by Gasteiger charge is 2.16. The summed E-state index contributed by atoms with van der Waals surface area (Å²) < 4.78 is 27.8. The Morgan fingerprint density at radius 1 is 1.04 bits per heavy atom. The third-order valence-electron chi connectivity index (χ3n) is 4.13. The number of carbonyl (C=O) groups is 1. The van der Waals surface area contributed by atoms with Crippen molar-refractivity contribution < 1.29 is 13.2 Å². The highest BCUT2D eigenvalue weighted by atomic mass is 32.2. The van der Waals surface area contributed by atoms with E-state index in [1.165, 1.54) is 24.3 Å². The van der Waals surface area contributed by atoms with Crippen molar-refractivity contribution >= 4 is 21.6 Å². The topological polar surface area (TPSA) is 78.5 Å². The van der Waals surface area contributed by atoms with Crippen LogP contribution in [0.4, 0.5) is 5.69 Å². The van der Waals surface area contributed by atoms with Crippen molar-refractivity contribution in [2.24, 2.45) is 0 Å². The summed E-state index contributed by atoms with van der Waals surface area (Å²) in [6, 6.07) is 11.5. The highest BCUT2D eigenvalue weighted by molar-refractivity contribution is 7.92. The maximum Gasteiger partial charge on any atom is 0.261 e. The molecular formula is C20H27N3O3S. The predicted octanol–water partition coefficient (Wildman–Crippen LogP) is 2.79. The number of anilines is 1. The van der Waals surface area contributed by atoms with E-state index < -0.39 is 10.0 Å². The van der Waals surface area contributed by atoms with Gasteiger partial charge in [-0.2, -0.15) is 0 Å². The van der Waals surface area contributed by atoms with Crippen LogP contribution in [0.25, 0.3) is 0 Å². The Bertz CT molecular complexity index is 891. The first kappa shape index (κ1) is 20.9. The van der Waals surface area contributed by atoms with Gasteiger partial charge in [0.15, 0.2) is 0 Å². The Hall–Kier alpha value is -2.38. The van der Waals surface area contributed by atoms with Gasteiger partial charge in [-0.3, -0.25) is 9.52 Å². The molecule has 0 aliphatic rings. The number of nitrogens with one attached hydrogen (secondary N) is 2. The first-order valence-corrected chi connectivity index (χ1v) is 10.3. The molecule has 0 heterocycles. The number of aryl methyl sites for hydroxylation is 2. The zero-order valence-electron chi connectivity index (χ0n) is 16.2. The predicted molar refractivity (Wildman–Crippen MR) is 109 cm³/mol. The summed E-state index contributed by atoms with van der Waals surface area (Å²) in [5, 5.41) is 2.84. The SMILES string of the molecule is Cc1ccc(C)c(NS(=O)(=O)c2ccc(C(=O)NCCCN(C)C)cc2)c1. The van der Waals surface area contributed by atoms with Gasteiger partial charge in [0.25, 0.3) is 15.9 Å². The van der Waals surface area contributed by atoms with Gasteiger partial charge in [-0.25, -0.2) is 8.42 Å². The second-order valence-corrected chi connectivity index (χ2v) is 8.54. The summed E-state index contributed by atoms with van der Waals surface area (Å²) in [5.74, 6) is -0.208. The molecule has 1 amide bonds. The van der Waals surface area contributed by atoms with Crippen LogP contribution in [0, 0.1) is 13.8 Å². The number of carbonyl (C=O) groups excluding carboxylic acids is 1. The minimum absolute atomic E-state index is 0.118. The zero-order chi connectivity index (χ0) is 20.0. The molecule has 0 saturated carbocycles. The molecule has 0 spiro atoms. The monoisotopic (exact) mass is 389 g/mol. The lowest BCUT2D eigenvalue weighted by molar-refractivity contribution is 0.0952. The molecule has 2 aromatic carbocycles. The van der Waals surface area contributed by atoms with Crippen molar-refractivity contribution in [3.8, 4) is 0 Å². The van der Waals surface area contributed by atoms with Crippen molar-refractivity contribution in [1.82, 2.24) is 10.2 Å². The molecule has 0 aromatic heterocycles. The van der Waals surface area contributed by atoms with Crippen molar-refractivity contribution in [1.29, 1.82) is 0 Å². The van der Waals surface area contributed by atoms with Crippen LogP contribution in [0.2, 0.25) is 0 Å². The molecule has 0 aliphatic heterocycles. The third-order valence-corrected chi connectivity index (χ3v) is 5.51. The summed E-state index contributed by atoms with van der Waals surface area (Å²) in [6.07, 6.45) is 0.852.